The summed E-state index contributed by atoms with van der Waals surface area (Å²) in [5.74, 6) is 0. The summed E-state index contributed by atoms with van der Waals surface area (Å²) in [6.07, 6.45) is 0. The van der Waals surface area contributed by atoms with E-state index in [1.165, 1.54) is 0 Å². The highest BCUT2D eigenvalue weighted by molar-refractivity contribution is 8.21. The maximum atomic E-state index is 6.54. The van der Waals surface area contributed by atoms with Gasteiger partial charge in [0.05, 0.1) is 0 Å². The monoisotopic (exact) mass is 97.0 g/mol. The Morgan fingerprint density at radius 2 is 3.75 bits per heavy atom. The lowest BCUT2D eigenvalue weighted by Gasteiger charge is -1.64. The van der Waals surface area contributed by atoms with Gasteiger partial charge in [0.15, 0.2) is 0 Å². The van der Waals surface area contributed by atoms with E-state index in [0.717, 1.165) is 11.0 Å². The third-order valence-electron chi connectivity index (χ3n) is 0.0630. The minimum Gasteiger partial charge on any atom is -0.0647 e. The fraction of sp³-hybridized carbons (Fsp3) is 1.00. The molecule has 0 rings (SSSR count). The maximum absolute atomic E-state index is 6.54. The number of hydrogen-bond acceptors (Lipinski definition) is 1. The highest BCUT2D eigenvalue weighted by Crippen LogP contribution is 1.99. The van der Waals surface area contributed by atoms with Crippen molar-refractivity contribution in [3.05, 3.63) is 0 Å². The summed E-state index contributed by atoms with van der Waals surface area (Å²) < 4.78 is 13.1. The van der Waals surface area contributed by atoms with Crippen molar-refractivity contribution in [3.63, 3.8) is 0 Å². The van der Waals surface area contributed by atoms with Crippen molar-refractivity contribution < 1.29 is 0 Å². The third-order valence-corrected chi connectivity index (χ3v) is 0.567. The van der Waals surface area contributed by atoms with Crippen molar-refractivity contribution in [3.8, 4) is 0 Å². The average molecular weight is 97.4 g/mol. The van der Waals surface area contributed by atoms with Crippen LogP contribution in [0.2, 0.25) is 0 Å². The van der Waals surface area contributed by atoms with E-state index in [9.17, 15) is 0 Å². The molecule has 0 amide bonds. The second-order valence-corrected chi connectivity index (χ2v) is 1.48. The molecule has 0 fully saturated rings. The van der Waals surface area contributed by atoms with E-state index in [1.54, 1.807) is 0 Å². The van der Waals surface area contributed by atoms with Gasteiger partial charge in [-0.2, -0.15) is 0 Å². The third kappa shape index (κ3) is 2.70. The Bertz CT molecular complexity index is 34.7. The van der Waals surface area contributed by atoms with Gasteiger partial charge in [-0.1, -0.05) is 11.0 Å². The molecule has 0 aromatic rings. The number of halogens is 1. The average Bonchev–Trinajstić information content (AvgIpc) is 1.35. The minimum absolute atomic E-state index is 0.390. The van der Waals surface area contributed by atoms with Gasteiger partial charge in [-0.25, -0.2) is 0 Å². The second kappa shape index (κ2) is 3.70. The molecule has 0 spiro atoms. The second-order valence-electron chi connectivity index (χ2n) is 0.276. The van der Waals surface area contributed by atoms with Crippen LogP contribution in [0.1, 0.15) is 0 Å². The summed E-state index contributed by atoms with van der Waals surface area (Å²) >= 11 is 0. The molecule has 0 aliphatic carbocycles. The van der Waals surface area contributed by atoms with Crippen LogP contribution in [0.25, 0.3) is 0 Å². The van der Waals surface area contributed by atoms with Crippen molar-refractivity contribution in [2.45, 2.75) is 0 Å². The zero-order valence-electron chi connectivity index (χ0n) is 4.07. The van der Waals surface area contributed by atoms with Gasteiger partial charge in [-0.05, 0) is 19.0 Å². The Morgan fingerprint density at radius 1 is 3.00 bits per heavy atom. The molecule has 0 nitrogen and oxygen atoms in total. The van der Waals surface area contributed by atoms with Crippen molar-refractivity contribution in [1.29, 1.82) is 2.67 Å². The molecule has 4 heavy (non-hydrogen) atoms. The smallest absolute Gasteiger partial charge is 0.0647 e. The topological polar surface area (TPSA) is 0 Å². The van der Waals surface area contributed by atoms with Gasteiger partial charge < -0.3 is 0 Å². The normalized spacial score (nSPS) is 13.2. The lowest BCUT2D eigenvalue weighted by atomic mass is 10.2. The van der Waals surface area contributed by atoms with Gasteiger partial charge in [0.1, 0.15) is 7.77 Å². The molecule has 0 unspecified atom stereocenters. The fourth-order valence-electron chi connectivity index (χ4n) is 0. The van der Waals surface area contributed by atoms with Crippen LogP contribution in [-0.4, -0.2) is 16.1 Å². The van der Waals surface area contributed by atoms with Crippen LogP contribution < -0.4 is 0 Å². The summed E-state index contributed by atoms with van der Waals surface area (Å²) in [5, 5.41) is 0. The first-order chi connectivity index (χ1) is 2.77. The largest absolute Gasteiger partial charge is 0.115 e. The van der Waals surface area contributed by atoms with Gasteiger partial charge in [0.2, 0.25) is 0 Å². The van der Waals surface area contributed by atoms with Crippen LogP contribution in [0.3, 0.4) is 0 Å². The molecular formula is CH4BClS. The van der Waals surface area contributed by atoms with E-state index in [2.05, 4.69) is 0 Å². The van der Waals surface area contributed by atoms with Crippen molar-refractivity contribution in [2.24, 2.45) is 0 Å². The Hall–Kier alpha value is 0.705. The van der Waals surface area contributed by atoms with Gasteiger partial charge >= 0.3 is 0 Å². The van der Waals surface area contributed by atoms with E-state index in [-0.39, 0.29) is 0 Å². The molecule has 0 aliphatic heterocycles. The zero-order chi connectivity index (χ0) is 4.99. The molecule has 0 saturated carbocycles. The van der Waals surface area contributed by atoms with E-state index < -0.39 is 7.77 Å². The van der Waals surface area contributed by atoms with E-state index >= 15 is 0 Å². The minimum atomic E-state index is -0.771. The van der Waals surface area contributed by atoms with Crippen molar-refractivity contribution in [1.82, 2.24) is 0 Å². The molecule has 0 heterocycles. The molecule has 3 heteroatoms. The summed E-state index contributed by atoms with van der Waals surface area (Å²) in [6.45, 7) is 0. The summed E-state index contributed by atoms with van der Waals surface area (Å²) in [6, 6.07) is 0. The first-order valence-electron chi connectivity index (χ1n) is 2.01. The molecule has 0 aromatic heterocycles. The lowest BCUT2D eigenvalue weighted by Crippen LogP contribution is -1.59. The predicted molar refractivity (Wildman–Crippen MR) is 26.9 cm³/mol. The SMILES string of the molecule is [2H]B([3H])CSCl. The molecule has 0 N–H and O–H groups in total. The van der Waals surface area contributed by atoms with Gasteiger partial charge in [-0.15, -0.1) is 0 Å². The van der Waals surface area contributed by atoms with Crippen LogP contribution in [-0.2, 0) is 0 Å². The molecular weight excluding hydrogens is 90.3 g/mol. The highest BCUT2D eigenvalue weighted by atomic mass is 35.7. The molecule has 24 valence electrons. The Morgan fingerprint density at radius 3 is 3.75 bits per heavy atom. The van der Waals surface area contributed by atoms with Crippen LogP contribution in [0.15, 0.2) is 0 Å². The summed E-state index contributed by atoms with van der Waals surface area (Å²) in [7, 11) is 5.31. The first-order valence-corrected chi connectivity index (χ1v) is 2.66. The van der Waals surface area contributed by atoms with Gasteiger partial charge in [-0.3, -0.25) is 0 Å². The lowest BCUT2D eigenvalue weighted by molar-refractivity contribution is 2.27. The van der Waals surface area contributed by atoms with E-state index in [1.807, 2.05) is 0 Å². The number of rotatable bonds is 2. The van der Waals surface area contributed by atoms with Gasteiger partial charge in [0.25, 0.3) is 0 Å². The Kier molecular flexibility index (Phi) is 1.84. The van der Waals surface area contributed by atoms with Crippen LogP contribution in [0, 0.1) is 0 Å². The Labute approximate surface area is 38.5 Å². The predicted octanol–water partition coefficient (Wildman–Crippen LogP) is 0.464. The quantitative estimate of drug-likeness (QED) is 0.451. The molecule has 0 aromatic carbocycles. The summed E-state index contributed by atoms with van der Waals surface area (Å²) in [5.41, 5.74) is 0.390. The number of hydrogen-bond donors (Lipinski definition) is 0. The zero-order valence-corrected chi connectivity index (χ0v) is 3.64. The molecule has 0 atom stereocenters. The van der Waals surface area contributed by atoms with Crippen molar-refractivity contribution in [2.75, 3.05) is 5.65 Å². The summed E-state index contributed by atoms with van der Waals surface area (Å²) in [4.78, 5) is 0. The highest BCUT2D eigenvalue weighted by Gasteiger charge is 1.60. The van der Waals surface area contributed by atoms with Crippen LogP contribution in [0.5, 0.6) is 0 Å². The Balaban J connectivity index is 2.63. The van der Waals surface area contributed by atoms with Gasteiger partial charge in [0, 0.05) is 0 Å². The molecule has 0 aliphatic rings. The van der Waals surface area contributed by atoms with E-state index in [4.69, 9.17) is 13.4 Å². The van der Waals surface area contributed by atoms with Crippen molar-refractivity contribution >= 4 is 29.4 Å². The first kappa shape index (κ1) is 1.98. The molecule has 0 saturated heterocycles. The van der Waals surface area contributed by atoms with Crippen LogP contribution >= 0.6 is 21.7 Å². The van der Waals surface area contributed by atoms with E-state index in [0.29, 0.717) is 5.65 Å². The standard InChI is InChI=1S/CH4BClS/c2-1-4-3/h1-2H2/i2TD. The molecule has 0 bridgehead atoms. The fourth-order valence-corrected chi connectivity index (χ4v) is 0. The molecule has 0 radical (unpaired) electrons. The van der Waals surface area contributed by atoms with Crippen LogP contribution in [0.4, 0.5) is 0 Å². The maximum Gasteiger partial charge on any atom is 0.115 e.